The summed E-state index contributed by atoms with van der Waals surface area (Å²) in [7, 11) is 0. The van der Waals surface area contributed by atoms with E-state index in [1.165, 1.54) is 6.07 Å². The van der Waals surface area contributed by atoms with E-state index in [2.05, 4.69) is 9.97 Å². The molecule has 1 fully saturated rings. The van der Waals surface area contributed by atoms with Gasteiger partial charge >= 0.3 is 6.01 Å². The van der Waals surface area contributed by atoms with Crippen LogP contribution in [-0.4, -0.2) is 40.0 Å². The normalized spacial score (nSPS) is 17.1. The average Bonchev–Trinajstić information content (AvgIpc) is 2.69. The van der Waals surface area contributed by atoms with Gasteiger partial charge in [0, 0.05) is 12.6 Å². The highest BCUT2D eigenvalue weighted by molar-refractivity contribution is 5.93. The maximum Gasteiger partial charge on any atom is 0.316 e. The van der Waals surface area contributed by atoms with Crippen LogP contribution in [0.2, 0.25) is 0 Å². The first kappa shape index (κ1) is 17.1. The monoisotopic (exact) mass is 369 g/mol. The molecule has 3 heterocycles. The molecule has 0 spiro atoms. The Bertz CT molecular complexity index is 1040. The van der Waals surface area contributed by atoms with Crippen LogP contribution in [0.15, 0.2) is 51.9 Å². The van der Waals surface area contributed by atoms with Crippen LogP contribution in [0.5, 0.6) is 6.01 Å². The zero-order valence-corrected chi connectivity index (χ0v) is 14.3. The highest BCUT2D eigenvalue weighted by Crippen LogP contribution is 2.19. The number of para-hydroxylation sites is 1. The topological polar surface area (TPSA) is 85.5 Å². The summed E-state index contributed by atoms with van der Waals surface area (Å²) >= 11 is 0. The quantitative estimate of drug-likeness (QED) is 0.705. The van der Waals surface area contributed by atoms with Crippen LogP contribution >= 0.6 is 0 Å². The van der Waals surface area contributed by atoms with Gasteiger partial charge in [-0.15, -0.1) is 0 Å². The van der Waals surface area contributed by atoms with E-state index in [1.54, 1.807) is 29.2 Å². The molecule has 0 bridgehead atoms. The van der Waals surface area contributed by atoms with Gasteiger partial charge in [0.1, 0.15) is 11.7 Å². The molecule has 0 radical (unpaired) electrons. The number of piperidine rings is 1. The fraction of sp³-hybridized carbons (Fsp3) is 0.263. The number of nitrogens with zero attached hydrogens (tertiary/aromatic N) is 3. The molecule has 0 aliphatic carbocycles. The van der Waals surface area contributed by atoms with E-state index in [1.807, 2.05) is 0 Å². The van der Waals surface area contributed by atoms with Crippen molar-refractivity contribution in [2.24, 2.45) is 0 Å². The van der Waals surface area contributed by atoms with Crippen LogP contribution in [0.4, 0.5) is 4.39 Å². The summed E-state index contributed by atoms with van der Waals surface area (Å²) in [6.45, 7) is 0.829. The second-order valence-corrected chi connectivity index (χ2v) is 6.29. The Morgan fingerprint density at radius 1 is 1.26 bits per heavy atom. The van der Waals surface area contributed by atoms with Crippen molar-refractivity contribution < 1.29 is 18.3 Å². The van der Waals surface area contributed by atoms with Gasteiger partial charge in [0.2, 0.25) is 0 Å². The van der Waals surface area contributed by atoms with Crippen molar-refractivity contribution in [3.63, 3.8) is 0 Å². The van der Waals surface area contributed by atoms with E-state index in [0.717, 1.165) is 18.8 Å². The Kier molecular flexibility index (Phi) is 4.53. The van der Waals surface area contributed by atoms with E-state index in [-0.39, 0.29) is 29.2 Å². The molecule has 1 aliphatic rings. The number of hydrogen-bond donors (Lipinski definition) is 0. The lowest BCUT2D eigenvalue weighted by atomic mass is 10.1. The molecule has 4 rings (SSSR count). The lowest BCUT2D eigenvalue weighted by molar-refractivity contribution is 0.0489. The predicted molar refractivity (Wildman–Crippen MR) is 94.0 cm³/mol. The van der Waals surface area contributed by atoms with Gasteiger partial charge in [0.05, 0.1) is 24.3 Å². The third-order valence-corrected chi connectivity index (χ3v) is 4.38. The molecule has 0 N–H and O–H groups in total. The van der Waals surface area contributed by atoms with Crippen LogP contribution in [0.1, 0.15) is 23.4 Å². The van der Waals surface area contributed by atoms with Crippen molar-refractivity contribution in [3.8, 4) is 6.01 Å². The summed E-state index contributed by atoms with van der Waals surface area (Å²) in [6, 6.07) is 8.08. The fourth-order valence-electron chi connectivity index (χ4n) is 3.09. The van der Waals surface area contributed by atoms with E-state index in [0.29, 0.717) is 30.5 Å². The molecule has 7 nitrogen and oxygen atoms in total. The first-order valence-corrected chi connectivity index (χ1v) is 8.56. The molecular weight excluding hydrogens is 353 g/mol. The number of aromatic nitrogens is 2. The Morgan fingerprint density at radius 2 is 2.04 bits per heavy atom. The first-order valence-electron chi connectivity index (χ1n) is 8.56. The smallest absolute Gasteiger partial charge is 0.316 e. The van der Waals surface area contributed by atoms with E-state index in [9.17, 15) is 14.0 Å². The summed E-state index contributed by atoms with van der Waals surface area (Å²) in [4.78, 5) is 34.1. The lowest BCUT2D eigenvalue weighted by Gasteiger charge is -2.31. The average molecular weight is 369 g/mol. The second kappa shape index (κ2) is 7.14. The third-order valence-electron chi connectivity index (χ3n) is 4.38. The molecule has 27 heavy (non-hydrogen) atoms. The van der Waals surface area contributed by atoms with Gasteiger partial charge in [0.15, 0.2) is 17.0 Å². The van der Waals surface area contributed by atoms with Crippen molar-refractivity contribution >= 4 is 16.9 Å². The summed E-state index contributed by atoms with van der Waals surface area (Å²) in [6.07, 6.45) is 3.16. The third kappa shape index (κ3) is 3.64. The largest absolute Gasteiger partial charge is 0.458 e. The molecule has 2 aromatic heterocycles. The number of amides is 1. The minimum Gasteiger partial charge on any atom is -0.458 e. The van der Waals surface area contributed by atoms with Crippen LogP contribution in [-0.2, 0) is 0 Å². The Morgan fingerprint density at radius 3 is 2.85 bits per heavy atom. The van der Waals surface area contributed by atoms with E-state index >= 15 is 0 Å². The van der Waals surface area contributed by atoms with Crippen molar-refractivity contribution in [1.82, 2.24) is 14.9 Å². The number of rotatable bonds is 3. The number of hydrogen-bond acceptors (Lipinski definition) is 6. The van der Waals surface area contributed by atoms with E-state index in [4.69, 9.17) is 9.15 Å². The van der Waals surface area contributed by atoms with Crippen molar-refractivity contribution in [2.75, 3.05) is 13.1 Å². The number of likely N-dealkylation sites (tertiary alicyclic amines) is 1. The number of halogens is 1. The number of ether oxygens (including phenoxy) is 1. The highest BCUT2D eigenvalue weighted by Gasteiger charge is 2.28. The Hall–Kier alpha value is -3.29. The number of fused-ring (bicyclic) bond motifs is 1. The molecule has 1 amide bonds. The summed E-state index contributed by atoms with van der Waals surface area (Å²) < 4.78 is 24.2. The Balaban J connectivity index is 1.51. The molecule has 1 aromatic carbocycles. The van der Waals surface area contributed by atoms with Crippen LogP contribution in [0, 0.1) is 5.82 Å². The minimum atomic E-state index is -0.547. The predicted octanol–water partition coefficient (Wildman–Crippen LogP) is 2.41. The van der Waals surface area contributed by atoms with Crippen molar-refractivity contribution in [1.29, 1.82) is 0 Å². The standard InChI is InChI=1S/C19H16FN3O4/c20-12-9-21-19(22-10-12)26-13-4-3-7-23(11-13)18(25)17-8-15(24)14-5-1-2-6-16(14)27-17/h1-2,5-6,8-10,13H,3-4,7,11H2. The minimum absolute atomic E-state index is 0.00242. The van der Waals surface area contributed by atoms with Crippen LogP contribution in [0.3, 0.4) is 0 Å². The van der Waals surface area contributed by atoms with Crippen molar-refractivity contribution in [3.05, 3.63) is 64.5 Å². The zero-order valence-electron chi connectivity index (χ0n) is 14.3. The number of carbonyl (C=O) groups is 1. The van der Waals surface area contributed by atoms with Gasteiger partial charge in [-0.25, -0.2) is 14.4 Å². The molecule has 1 unspecified atom stereocenters. The maximum atomic E-state index is 12.9. The fourth-order valence-corrected chi connectivity index (χ4v) is 3.09. The first-order chi connectivity index (χ1) is 13.1. The van der Waals surface area contributed by atoms with Gasteiger partial charge in [-0.3, -0.25) is 9.59 Å². The SMILES string of the molecule is O=C(c1cc(=O)c2ccccc2o1)N1CCCC(Oc2ncc(F)cn2)C1. The second-order valence-electron chi connectivity index (χ2n) is 6.29. The summed E-state index contributed by atoms with van der Waals surface area (Å²) in [5, 5.41) is 0.433. The zero-order chi connectivity index (χ0) is 18.8. The highest BCUT2D eigenvalue weighted by atomic mass is 19.1. The van der Waals surface area contributed by atoms with Gasteiger partial charge in [-0.1, -0.05) is 12.1 Å². The molecule has 0 saturated carbocycles. The molecule has 8 heteroatoms. The molecular formula is C19H16FN3O4. The molecule has 3 aromatic rings. The van der Waals surface area contributed by atoms with Gasteiger partial charge in [-0.2, -0.15) is 0 Å². The van der Waals surface area contributed by atoms with Crippen LogP contribution < -0.4 is 10.2 Å². The lowest BCUT2D eigenvalue weighted by Crippen LogP contribution is -2.44. The number of benzene rings is 1. The van der Waals surface area contributed by atoms with Gasteiger partial charge in [0.25, 0.3) is 5.91 Å². The molecule has 1 aliphatic heterocycles. The molecule has 1 atom stereocenters. The number of carbonyl (C=O) groups excluding carboxylic acids is 1. The molecule has 138 valence electrons. The van der Waals surface area contributed by atoms with E-state index < -0.39 is 5.82 Å². The maximum absolute atomic E-state index is 12.9. The van der Waals surface area contributed by atoms with Crippen LogP contribution in [0.25, 0.3) is 11.0 Å². The Labute approximate surface area is 153 Å². The summed E-state index contributed by atoms with van der Waals surface area (Å²) in [5.41, 5.74) is 0.114. The van der Waals surface area contributed by atoms with Gasteiger partial charge < -0.3 is 14.1 Å². The summed E-state index contributed by atoms with van der Waals surface area (Å²) in [5.74, 6) is -0.919. The van der Waals surface area contributed by atoms with Gasteiger partial charge in [-0.05, 0) is 25.0 Å². The molecule has 1 saturated heterocycles. The van der Waals surface area contributed by atoms with Crippen molar-refractivity contribution in [2.45, 2.75) is 18.9 Å².